The molecule has 0 aliphatic heterocycles. The largest absolute Gasteiger partial charge is 0.490 e. The van der Waals surface area contributed by atoms with Crippen LogP contribution >= 0.6 is 11.6 Å². The first-order valence-corrected chi connectivity index (χ1v) is 6.23. The van der Waals surface area contributed by atoms with Gasteiger partial charge in [0, 0.05) is 5.02 Å². The van der Waals surface area contributed by atoms with Gasteiger partial charge in [-0.25, -0.2) is 0 Å². The Kier molecular flexibility index (Phi) is 4.43. The van der Waals surface area contributed by atoms with Crippen LogP contribution < -0.4 is 4.74 Å². The molecule has 92 valence electrons. The van der Waals surface area contributed by atoms with Crippen LogP contribution in [0.2, 0.25) is 5.02 Å². The summed E-state index contributed by atoms with van der Waals surface area (Å²) in [5.74, 6) is 0.886. The van der Waals surface area contributed by atoms with Gasteiger partial charge in [-0.05, 0) is 42.8 Å². The van der Waals surface area contributed by atoms with Gasteiger partial charge < -0.3 is 4.74 Å². The average molecular weight is 259 g/mol. The van der Waals surface area contributed by atoms with Crippen molar-refractivity contribution in [2.24, 2.45) is 0 Å². The molecule has 0 spiro atoms. The van der Waals surface area contributed by atoms with Crippen molar-refractivity contribution in [3.8, 4) is 5.75 Å². The molecule has 0 unspecified atom stereocenters. The molecule has 18 heavy (non-hydrogen) atoms. The Labute approximate surface area is 113 Å². The lowest BCUT2D eigenvalue weighted by Gasteiger charge is -2.02. The fourth-order valence-corrected chi connectivity index (χ4v) is 1.77. The Balaban J connectivity index is 1.87. The summed E-state index contributed by atoms with van der Waals surface area (Å²) in [6.07, 6.45) is 3.98. The van der Waals surface area contributed by atoms with Crippen molar-refractivity contribution in [1.29, 1.82) is 0 Å². The van der Waals surface area contributed by atoms with Crippen molar-refractivity contribution in [1.82, 2.24) is 0 Å². The second-order valence-corrected chi connectivity index (χ2v) is 4.52. The van der Waals surface area contributed by atoms with Crippen molar-refractivity contribution < 1.29 is 4.74 Å². The minimum atomic E-state index is 0.551. The molecule has 0 aromatic heterocycles. The van der Waals surface area contributed by atoms with Crippen LogP contribution in [0.25, 0.3) is 6.08 Å². The number of rotatable bonds is 4. The van der Waals surface area contributed by atoms with Gasteiger partial charge in [0.1, 0.15) is 12.4 Å². The van der Waals surface area contributed by atoms with E-state index < -0.39 is 0 Å². The highest BCUT2D eigenvalue weighted by Gasteiger charge is 1.91. The van der Waals surface area contributed by atoms with Crippen molar-refractivity contribution >= 4 is 17.7 Å². The highest BCUT2D eigenvalue weighted by Crippen LogP contribution is 2.13. The van der Waals surface area contributed by atoms with Crippen LogP contribution in [-0.4, -0.2) is 6.61 Å². The smallest absolute Gasteiger partial charge is 0.119 e. The summed E-state index contributed by atoms with van der Waals surface area (Å²) in [5.41, 5.74) is 2.31. The second-order valence-electron chi connectivity index (χ2n) is 4.08. The van der Waals surface area contributed by atoms with Crippen LogP contribution in [0, 0.1) is 6.92 Å². The van der Waals surface area contributed by atoms with Crippen LogP contribution in [0.4, 0.5) is 0 Å². The summed E-state index contributed by atoms with van der Waals surface area (Å²) in [5, 5.41) is 0.747. The zero-order chi connectivity index (χ0) is 12.8. The molecule has 0 aliphatic carbocycles. The third-order valence-corrected chi connectivity index (χ3v) is 2.76. The van der Waals surface area contributed by atoms with E-state index in [0.29, 0.717) is 6.61 Å². The van der Waals surface area contributed by atoms with Gasteiger partial charge in [-0.2, -0.15) is 0 Å². The van der Waals surface area contributed by atoms with Crippen LogP contribution in [-0.2, 0) is 0 Å². The first-order valence-electron chi connectivity index (χ1n) is 5.85. The molecule has 1 nitrogen and oxygen atoms in total. The second kappa shape index (κ2) is 6.27. The molecule has 0 saturated heterocycles. The van der Waals surface area contributed by atoms with Gasteiger partial charge in [-0.1, -0.05) is 47.5 Å². The van der Waals surface area contributed by atoms with Gasteiger partial charge in [0.15, 0.2) is 0 Å². The van der Waals surface area contributed by atoms with Crippen molar-refractivity contribution in [3.63, 3.8) is 0 Å². The van der Waals surface area contributed by atoms with Gasteiger partial charge in [-0.3, -0.25) is 0 Å². The molecule has 0 atom stereocenters. The van der Waals surface area contributed by atoms with Gasteiger partial charge >= 0.3 is 0 Å². The Morgan fingerprint density at radius 1 is 1.11 bits per heavy atom. The predicted molar refractivity (Wildman–Crippen MR) is 77.2 cm³/mol. The molecular formula is C16H15ClO. The van der Waals surface area contributed by atoms with Gasteiger partial charge in [0.2, 0.25) is 0 Å². The van der Waals surface area contributed by atoms with Crippen LogP contribution in [0.15, 0.2) is 54.6 Å². The molecule has 0 heterocycles. The lowest BCUT2D eigenvalue weighted by Crippen LogP contribution is -1.92. The molecule has 0 saturated carbocycles. The van der Waals surface area contributed by atoms with Gasteiger partial charge in [0.05, 0.1) is 0 Å². The molecule has 0 bridgehead atoms. The molecule has 2 heteroatoms. The van der Waals surface area contributed by atoms with E-state index in [1.165, 1.54) is 5.56 Å². The minimum Gasteiger partial charge on any atom is -0.490 e. The van der Waals surface area contributed by atoms with E-state index in [4.69, 9.17) is 16.3 Å². The monoisotopic (exact) mass is 258 g/mol. The Hall–Kier alpha value is -1.73. The third-order valence-electron chi connectivity index (χ3n) is 2.53. The van der Waals surface area contributed by atoms with Crippen LogP contribution in [0.3, 0.4) is 0 Å². The predicted octanol–water partition coefficient (Wildman–Crippen LogP) is 4.74. The summed E-state index contributed by atoms with van der Waals surface area (Å²) >= 11 is 5.90. The molecule has 0 radical (unpaired) electrons. The van der Waals surface area contributed by atoms with Crippen molar-refractivity contribution in [2.45, 2.75) is 6.92 Å². The topological polar surface area (TPSA) is 9.23 Å². The maximum absolute atomic E-state index is 5.90. The number of halogens is 1. The number of ether oxygens (including phenoxy) is 1. The third kappa shape index (κ3) is 3.94. The fraction of sp³-hybridized carbons (Fsp3) is 0.125. The fourth-order valence-electron chi connectivity index (χ4n) is 1.57. The summed E-state index contributed by atoms with van der Waals surface area (Å²) in [7, 11) is 0. The lowest BCUT2D eigenvalue weighted by atomic mass is 10.2. The average Bonchev–Trinajstić information content (AvgIpc) is 2.37. The summed E-state index contributed by atoms with van der Waals surface area (Å²) < 4.78 is 5.59. The first-order chi connectivity index (χ1) is 8.74. The van der Waals surface area contributed by atoms with Crippen molar-refractivity contribution in [2.75, 3.05) is 6.61 Å². The molecule has 0 fully saturated rings. The van der Waals surface area contributed by atoms with E-state index in [-0.39, 0.29) is 0 Å². The van der Waals surface area contributed by atoms with Crippen LogP contribution in [0.1, 0.15) is 11.1 Å². The van der Waals surface area contributed by atoms with E-state index >= 15 is 0 Å². The Morgan fingerprint density at radius 3 is 2.61 bits per heavy atom. The summed E-state index contributed by atoms with van der Waals surface area (Å²) in [4.78, 5) is 0. The standard InChI is InChI=1S/C16H15ClO/c1-13-7-9-16(10-8-13)18-11-3-5-14-4-2-6-15(17)12-14/h2-10,12H,11H2,1H3/b5-3+. The summed E-state index contributed by atoms with van der Waals surface area (Å²) in [6, 6.07) is 15.7. The Bertz CT molecular complexity index is 529. The molecule has 0 amide bonds. The first kappa shape index (κ1) is 12.7. The highest BCUT2D eigenvalue weighted by molar-refractivity contribution is 6.30. The van der Waals surface area contributed by atoms with Gasteiger partial charge in [-0.15, -0.1) is 0 Å². The molecular weight excluding hydrogens is 244 g/mol. The number of hydrogen-bond donors (Lipinski definition) is 0. The zero-order valence-corrected chi connectivity index (χ0v) is 11.0. The maximum atomic E-state index is 5.90. The van der Waals surface area contributed by atoms with E-state index in [2.05, 4.69) is 6.92 Å². The summed E-state index contributed by atoms with van der Waals surface area (Å²) in [6.45, 7) is 2.61. The van der Waals surface area contributed by atoms with E-state index in [9.17, 15) is 0 Å². The van der Waals surface area contributed by atoms with E-state index in [1.54, 1.807) is 0 Å². The van der Waals surface area contributed by atoms with Crippen molar-refractivity contribution in [3.05, 3.63) is 70.8 Å². The normalized spacial score (nSPS) is 10.8. The minimum absolute atomic E-state index is 0.551. The maximum Gasteiger partial charge on any atom is 0.119 e. The SMILES string of the molecule is Cc1ccc(OC/C=C/c2cccc(Cl)c2)cc1. The van der Waals surface area contributed by atoms with Gasteiger partial charge in [0.25, 0.3) is 0 Å². The zero-order valence-electron chi connectivity index (χ0n) is 10.3. The molecule has 2 aromatic carbocycles. The molecule has 2 aromatic rings. The molecule has 2 rings (SSSR count). The number of benzene rings is 2. The van der Waals surface area contributed by atoms with Crippen LogP contribution in [0.5, 0.6) is 5.75 Å². The quantitative estimate of drug-likeness (QED) is 0.770. The van der Waals surface area contributed by atoms with E-state index in [1.807, 2.05) is 60.7 Å². The molecule has 0 aliphatic rings. The number of aryl methyl sites for hydroxylation is 1. The lowest BCUT2D eigenvalue weighted by molar-refractivity contribution is 0.363. The van der Waals surface area contributed by atoms with E-state index in [0.717, 1.165) is 16.3 Å². The Morgan fingerprint density at radius 2 is 1.89 bits per heavy atom. The highest BCUT2D eigenvalue weighted by atomic mass is 35.5. The number of hydrogen-bond acceptors (Lipinski definition) is 1. The molecule has 0 N–H and O–H groups in total.